The van der Waals surface area contributed by atoms with Crippen LogP contribution in [0.2, 0.25) is 0 Å². The summed E-state index contributed by atoms with van der Waals surface area (Å²) in [5, 5.41) is 0. The van der Waals surface area contributed by atoms with Crippen molar-refractivity contribution in [2.75, 3.05) is 34.0 Å². The van der Waals surface area contributed by atoms with Gasteiger partial charge in [0, 0.05) is 59.9 Å². The molecule has 5 aromatic rings. The molecule has 0 N–H and O–H groups in total. The first-order valence-corrected chi connectivity index (χ1v) is 18.9. The molecule has 10 nitrogen and oxygen atoms in total. The second-order valence-corrected chi connectivity index (χ2v) is 15.3. The molecule has 55 heavy (non-hydrogen) atoms. The van der Waals surface area contributed by atoms with E-state index in [1.165, 1.54) is 0 Å². The van der Waals surface area contributed by atoms with E-state index in [0.29, 0.717) is 32.1 Å². The Kier molecular flexibility index (Phi) is 7.13. The van der Waals surface area contributed by atoms with Crippen molar-refractivity contribution in [3.8, 4) is 57.5 Å². The van der Waals surface area contributed by atoms with Gasteiger partial charge in [0.1, 0.15) is 57.5 Å². The molecule has 6 aliphatic rings. The van der Waals surface area contributed by atoms with Crippen molar-refractivity contribution in [1.29, 1.82) is 0 Å². The van der Waals surface area contributed by atoms with Gasteiger partial charge in [-0.05, 0) is 121 Å². The normalized spacial score (nSPS) is 16.5. The van der Waals surface area contributed by atoms with Gasteiger partial charge in [0.05, 0.1) is 0 Å². The van der Waals surface area contributed by atoms with Gasteiger partial charge in [-0.25, -0.2) is 0 Å². The molecule has 0 fully saturated rings. The highest BCUT2D eigenvalue weighted by Gasteiger charge is 2.32. The minimum absolute atomic E-state index is 0.0472. The number of rotatable bonds is 0. The Hall–Kier alpha value is -5.90. The van der Waals surface area contributed by atoms with E-state index in [1.807, 2.05) is 0 Å². The summed E-state index contributed by atoms with van der Waals surface area (Å²) in [6.45, 7) is 10.5. The lowest BCUT2D eigenvalue weighted by Crippen LogP contribution is -2.21. The van der Waals surface area contributed by atoms with E-state index in [2.05, 4.69) is 65.0 Å². The lowest BCUT2D eigenvalue weighted by atomic mass is 9.87. The Morgan fingerprint density at radius 2 is 0.364 bits per heavy atom. The SMILES string of the molecule is Cc1c2c3cc4c1OCOc1c(cc5c(c1C)OCOc1c(cc6c(c1C)OCOc1c(cc7c(c1C)OCOc1c(cc(c(c1C)OCO2)C3)C7)C6)C5)C4. The van der Waals surface area contributed by atoms with Crippen LogP contribution in [0.15, 0.2) is 30.3 Å². The Morgan fingerprint density at radius 1 is 0.236 bits per heavy atom. The van der Waals surface area contributed by atoms with Crippen molar-refractivity contribution in [3.05, 3.63) is 114 Å². The van der Waals surface area contributed by atoms with E-state index in [1.54, 1.807) is 0 Å². The Labute approximate surface area is 318 Å². The van der Waals surface area contributed by atoms with Crippen LogP contribution in [0.3, 0.4) is 0 Å². The van der Waals surface area contributed by atoms with Crippen molar-refractivity contribution >= 4 is 0 Å². The molecule has 10 bridgehead atoms. The lowest BCUT2D eigenvalue weighted by molar-refractivity contribution is 0.0979. The van der Waals surface area contributed by atoms with Crippen molar-refractivity contribution in [2.45, 2.75) is 66.7 Å². The Bertz CT molecular complexity index is 1970. The van der Waals surface area contributed by atoms with Crippen LogP contribution < -0.4 is 47.4 Å². The largest absolute Gasteiger partial charge is 0.457 e. The van der Waals surface area contributed by atoms with Crippen LogP contribution in [0.5, 0.6) is 57.5 Å². The van der Waals surface area contributed by atoms with E-state index in [9.17, 15) is 0 Å². The predicted octanol–water partition coefficient (Wildman–Crippen LogP) is 8.14. The van der Waals surface area contributed by atoms with E-state index in [4.69, 9.17) is 47.4 Å². The molecule has 280 valence electrons. The van der Waals surface area contributed by atoms with Crippen LogP contribution in [-0.4, -0.2) is 34.0 Å². The second-order valence-electron chi connectivity index (χ2n) is 15.3. The van der Waals surface area contributed by atoms with Gasteiger partial charge in [-0.1, -0.05) is 0 Å². The first-order valence-electron chi connectivity index (χ1n) is 18.9. The number of hydrogen-bond donors (Lipinski definition) is 0. The molecule has 0 amide bonds. The molecule has 1 aliphatic carbocycles. The van der Waals surface area contributed by atoms with Crippen LogP contribution in [0.4, 0.5) is 0 Å². The zero-order valence-corrected chi connectivity index (χ0v) is 31.5. The van der Waals surface area contributed by atoms with Crippen molar-refractivity contribution < 1.29 is 47.4 Å². The average molecular weight is 741 g/mol. The van der Waals surface area contributed by atoms with Gasteiger partial charge in [0.25, 0.3) is 0 Å². The molecule has 0 spiro atoms. The molecule has 11 rings (SSSR count). The zero-order chi connectivity index (χ0) is 37.1. The maximum Gasteiger partial charge on any atom is 0.230 e. The summed E-state index contributed by atoms with van der Waals surface area (Å²) in [6.07, 6.45) is 3.02. The van der Waals surface area contributed by atoms with Gasteiger partial charge in [-0.3, -0.25) is 0 Å². The minimum atomic E-state index is 0.0472. The highest BCUT2D eigenvalue weighted by Crippen LogP contribution is 2.49. The molecule has 0 saturated heterocycles. The van der Waals surface area contributed by atoms with Gasteiger partial charge in [0.2, 0.25) is 34.0 Å². The van der Waals surface area contributed by atoms with Gasteiger partial charge >= 0.3 is 0 Å². The van der Waals surface area contributed by atoms with Crippen LogP contribution in [0, 0.1) is 34.6 Å². The van der Waals surface area contributed by atoms with Crippen LogP contribution in [0.25, 0.3) is 0 Å². The van der Waals surface area contributed by atoms with Gasteiger partial charge in [-0.2, -0.15) is 0 Å². The number of hydrogen-bond acceptors (Lipinski definition) is 10. The fourth-order valence-corrected chi connectivity index (χ4v) is 9.72. The lowest BCUT2D eigenvalue weighted by Gasteiger charge is -2.30. The molecule has 5 heterocycles. The summed E-state index contributed by atoms with van der Waals surface area (Å²) in [6, 6.07) is 11.2. The Morgan fingerprint density at radius 3 is 0.491 bits per heavy atom. The third-order valence-electron chi connectivity index (χ3n) is 12.0. The zero-order valence-electron chi connectivity index (χ0n) is 31.5. The van der Waals surface area contributed by atoms with Crippen LogP contribution in [0.1, 0.15) is 83.5 Å². The molecule has 5 aromatic carbocycles. The molecule has 0 saturated carbocycles. The first kappa shape index (κ1) is 32.5. The fourth-order valence-electron chi connectivity index (χ4n) is 9.72. The van der Waals surface area contributed by atoms with Crippen molar-refractivity contribution in [2.24, 2.45) is 0 Å². The predicted molar refractivity (Wildman–Crippen MR) is 201 cm³/mol. The smallest absolute Gasteiger partial charge is 0.230 e. The first-order chi connectivity index (χ1) is 26.8. The van der Waals surface area contributed by atoms with E-state index in [-0.39, 0.29) is 34.0 Å². The molecular formula is C45H40O10. The third-order valence-corrected chi connectivity index (χ3v) is 12.0. The number of benzene rings is 5. The molecule has 10 heteroatoms. The van der Waals surface area contributed by atoms with E-state index in [0.717, 1.165) is 141 Å². The highest BCUT2D eigenvalue weighted by molar-refractivity contribution is 5.66. The highest BCUT2D eigenvalue weighted by atomic mass is 16.7. The van der Waals surface area contributed by atoms with Gasteiger partial charge < -0.3 is 47.4 Å². The van der Waals surface area contributed by atoms with Crippen LogP contribution in [-0.2, 0) is 32.1 Å². The Balaban J connectivity index is 1.19. The summed E-state index contributed by atoms with van der Waals surface area (Å²) < 4.78 is 63.9. The summed E-state index contributed by atoms with van der Waals surface area (Å²) in [5.41, 5.74) is 15.4. The summed E-state index contributed by atoms with van der Waals surface area (Å²) in [5.74, 6) is 7.73. The third kappa shape index (κ3) is 4.92. The topological polar surface area (TPSA) is 92.3 Å². The molecule has 0 radical (unpaired) electrons. The van der Waals surface area contributed by atoms with Crippen molar-refractivity contribution in [3.63, 3.8) is 0 Å². The molecule has 0 unspecified atom stereocenters. The number of ether oxygens (including phenoxy) is 10. The summed E-state index contributed by atoms with van der Waals surface area (Å²) in [7, 11) is 0. The fraction of sp³-hybridized carbons (Fsp3) is 0.333. The molecular weight excluding hydrogens is 700 g/mol. The van der Waals surface area contributed by atoms with E-state index < -0.39 is 0 Å². The maximum absolute atomic E-state index is 6.39. The molecule has 0 aromatic heterocycles. The standard InChI is InChI=1S/C45H40O10/c1-21-36-26-6-27-12-29-8-31-14-33-10-35-15-34-9-32-13-30-7-28(11-26)38(48-16-46-36)22(2)40(30)50-18-52-42(32)24(4)44(34)54-20-55-45(35)25(5)43(33)53-19-51-41(31)23(3)39(29)49-17-47-37(21)27/h6-10H,11-20H2,1-5H3. The van der Waals surface area contributed by atoms with Gasteiger partial charge in [-0.15, -0.1) is 0 Å². The van der Waals surface area contributed by atoms with Gasteiger partial charge in [0.15, 0.2) is 0 Å². The minimum Gasteiger partial charge on any atom is -0.457 e. The maximum atomic E-state index is 6.39. The summed E-state index contributed by atoms with van der Waals surface area (Å²) in [4.78, 5) is 0. The molecule has 0 atom stereocenters. The van der Waals surface area contributed by atoms with Crippen LogP contribution >= 0.6 is 0 Å². The van der Waals surface area contributed by atoms with Crippen molar-refractivity contribution in [1.82, 2.24) is 0 Å². The molecule has 5 aliphatic heterocycles. The quantitative estimate of drug-likeness (QED) is 0.152. The van der Waals surface area contributed by atoms with E-state index >= 15 is 0 Å². The summed E-state index contributed by atoms with van der Waals surface area (Å²) >= 11 is 0. The second kappa shape index (κ2) is 12.1. The monoisotopic (exact) mass is 740 g/mol. The average Bonchev–Trinajstić information content (AvgIpc) is 3.11.